The minimum Gasteiger partial charge on any atom is -0.295 e. The number of halogens is 6. The van der Waals surface area contributed by atoms with Crippen LogP contribution in [0.4, 0.5) is 17.6 Å². The van der Waals surface area contributed by atoms with Gasteiger partial charge in [0.15, 0.2) is 5.15 Å². The van der Waals surface area contributed by atoms with E-state index in [1.807, 2.05) is 0 Å². The van der Waals surface area contributed by atoms with Gasteiger partial charge in [-0.3, -0.25) is 9.78 Å². The number of aromatic amines is 1. The zero-order valence-corrected chi connectivity index (χ0v) is 12.1. The normalized spacial score (nSPS) is 11.7. The van der Waals surface area contributed by atoms with E-state index in [4.69, 9.17) is 11.6 Å². The summed E-state index contributed by atoms with van der Waals surface area (Å²) in [6, 6.07) is 2.73. The Balaban J connectivity index is 2.90. The van der Waals surface area contributed by atoms with Gasteiger partial charge in [-0.25, -0.2) is 9.36 Å². The number of hydrogen-bond acceptors (Lipinski definition) is 2. The SMILES string of the molecule is O=c1[nH]c(Cl)c(F)c(=O)n1-c1ccc(Br)cc1C(F)(F)F. The lowest BCUT2D eigenvalue weighted by molar-refractivity contribution is -0.137. The van der Waals surface area contributed by atoms with Crippen molar-refractivity contribution in [1.29, 1.82) is 0 Å². The first-order valence-corrected chi connectivity index (χ1v) is 6.37. The maximum atomic E-state index is 13.4. The van der Waals surface area contributed by atoms with E-state index in [2.05, 4.69) is 15.9 Å². The highest BCUT2D eigenvalue weighted by molar-refractivity contribution is 9.10. The molecule has 0 atom stereocenters. The fourth-order valence-electron chi connectivity index (χ4n) is 1.64. The standard InChI is InChI=1S/C11H4BrClF4N2O2/c12-4-1-2-6(5(3-4)11(15,16)17)19-9(20)7(14)8(13)18-10(19)21/h1-3H,(H,18,21). The molecule has 4 nitrogen and oxygen atoms in total. The van der Waals surface area contributed by atoms with E-state index < -0.39 is 39.6 Å². The van der Waals surface area contributed by atoms with E-state index in [-0.39, 0.29) is 9.04 Å². The Morgan fingerprint density at radius 2 is 1.86 bits per heavy atom. The summed E-state index contributed by atoms with van der Waals surface area (Å²) in [4.78, 5) is 25.1. The topological polar surface area (TPSA) is 54.9 Å². The van der Waals surface area contributed by atoms with E-state index in [1.54, 1.807) is 4.98 Å². The van der Waals surface area contributed by atoms with E-state index in [0.717, 1.165) is 6.07 Å². The van der Waals surface area contributed by atoms with E-state index in [1.165, 1.54) is 6.07 Å². The average molecular weight is 388 g/mol. The Hall–Kier alpha value is -1.61. The van der Waals surface area contributed by atoms with Gasteiger partial charge in [0, 0.05) is 4.47 Å². The molecule has 0 aliphatic carbocycles. The van der Waals surface area contributed by atoms with E-state index in [9.17, 15) is 27.2 Å². The van der Waals surface area contributed by atoms with Crippen molar-refractivity contribution < 1.29 is 17.6 Å². The first-order valence-electron chi connectivity index (χ1n) is 5.20. The molecule has 1 N–H and O–H groups in total. The van der Waals surface area contributed by atoms with Gasteiger partial charge in [0.2, 0.25) is 5.82 Å². The van der Waals surface area contributed by atoms with Gasteiger partial charge in [-0.1, -0.05) is 27.5 Å². The minimum atomic E-state index is -4.85. The predicted octanol–water partition coefficient (Wildman–Crippen LogP) is 3.10. The smallest absolute Gasteiger partial charge is 0.295 e. The molecule has 0 unspecified atom stereocenters. The molecular weight excluding hydrogens is 383 g/mol. The Bertz CT molecular complexity index is 828. The predicted molar refractivity (Wildman–Crippen MR) is 70.3 cm³/mol. The van der Waals surface area contributed by atoms with Crippen molar-refractivity contribution in [2.45, 2.75) is 6.18 Å². The van der Waals surface area contributed by atoms with Crippen molar-refractivity contribution in [3.05, 3.63) is 60.0 Å². The van der Waals surface area contributed by atoms with Crippen molar-refractivity contribution in [2.24, 2.45) is 0 Å². The number of aromatic nitrogens is 2. The number of alkyl halides is 3. The van der Waals surface area contributed by atoms with Crippen LogP contribution in [0, 0.1) is 5.82 Å². The maximum Gasteiger partial charge on any atom is 0.418 e. The van der Waals surface area contributed by atoms with Gasteiger partial charge in [0.1, 0.15) is 0 Å². The first-order chi connectivity index (χ1) is 9.62. The Morgan fingerprint density at radius 3 is 2.43 bits per heavy atom. The highest BCUT2D eigenvalue weighted by Gasteiger charge is 2.35. The van der Waals surface area contributed by atoms with Crippen molar-refractivity contribution in [2.75, 3.05) is 0 Å². The molecule has 1 aromatic heterocycles. The zero-order chi connectivity index (χ0) is 15.9. The van der Waals surface area contributed by atoms with Crippen LogP contribution in [0.15, 0.2) is 32.3 Å². The number of H-pyrrole nitrogens is 1. The number of nitrogens with one attached hydrogen (secondary N) is 1. The fourth-order valence-corrected chi connectivity index (χ4v) is 2.16. The lowest BCUT2D eigenvalue weighted by Gasteiger charge is -2.14. The molecule has 0 aliphatic heterocycles. The van der Waals surface area contributed by atoms with Gasteiger partial charge in [-0.15, -0.1) is 0 Å². The van der Waals surface area contributed by atoms with Gasteiger partial charge in [-0.2, -0.15) is 17.6 Å². The number of nitrogens with zero attached hydrogens (tertiary/aromatic N) is 1. The van der Waals surface area contributed by atoms with Crippen LogP contribution in [-0.2, 0) is 6.18 Å². The molecule has 2 aromatic rings. The number of rotatable bonds is 1. The minimum absolute atomic E-state index is 0.0382. The highest BCUT2D eigenvalue weighted by atomic mass is 79.9. The lowest BCUT2D eigenvalue weighted by Crippen LogP contribution is -2.37. The number of benzene rings is 1. The summed E-state index contributed by atoms with van der Waals surface area (Å²) in [5.74, 6) is -1.55. The third-order valence-corrected chi connectivity index (χ3v) is 3.26. The van der Waals surface area contributed by atoms with Crippen LogP contribution < -0.4 is 11.2 Å². The van der Waals surface area contributed by atoms with Crippen LogP contribution in [0.3, 0.4) is 0 Å². The monoisotopic (exact) mass is 386 g/mol. The second-order valence-electron chi connectivity index (χ2n) is 3.86. The fraction of sp³-hybridized carbons (Fsp3) is 0.0909. The summed E-state index contributed by atoms with van der Waals surface area (Å²) < 4.78 is 52.5. The summed E-state index contributed by atoms with van der Waals surface area (Å²) in [6.45, 7) is 0. The number of hydrogen-bond donors (Lipinski definition) is 1. The first kappa shape index (κ1) is 15.8. The third-order valence-electron chi connectivity index (χ3n) is 2.51. The highest BCUT2D eigenvalue weighted by Crippen LogP contribution is 2.34. The van der Waals surface area contributed by atoms with E-state index in [0.29, 0.717) is 6.07 Å². The maximum absolute atomic E-state index is 13.4. The molecule has 0 saturated carbocycles. The zero-order valence-electron chi connectivity index (χ0n) is 9.76. The second-order valence-corrected chi connectivity index (χ2v) is 5.15. The summed E-state index contributed by atoms with van der Waals surface area (Å²) in [6.07, 6.45) is -4.85. The molecule has 0 radical (unpaired) electrons. The average Bonchev–Trinajstić information content (AvgIpc) is 2.36. The molecule has 1 heterocycles. The van der Waals surface area contributed by atoms with Gasteiger partial charge < -0.3 is 0 Å². The quantitative estimate of drug-likeness (QED) is 0.604. The van der Waals surface area contributed by atoms with Crippen LogP contribution in [-0.4, -0.2) is 9.55 Å². The molecule has 0 fully saturated rings. The molecule has 0 amide bonds. The summed E-state index contributed by atoms with van der Waals surface area (Å²) in [5.41, 5.74) is -4.92. The Morgan fingerprint density at radius 1 is 1.24 bits per heavy atom. The molecule has 0 aliphatic rings. The molecule has 0 saturated heterocycles. The van der Waals surface area contributed by atoms with Gasteiger partial charge >= 0.3 is 11.9 Å². The van der Waals surface area contributed by atoms with Crippen molar-refractivity contribution in [3.8, 4) is 5.69 Å². The molecule has 10 heteroatoms. The molecule has 2 rings (SSSR count). The van der Waals surface area contributed by atoms with Gasteiger partial charge in [-0.05, 0) is 18.2 Å². The Kier molecular flexibility index (Phi) is 3.98. The van der Waals surface area contributed by atoms with Crippen LogP contribution in [0.1, 0.15) is 5.56 Å². The summed E-state index contributed by atoms with van der Waals surface area (Å²) in [7, 11) is 0. The third kappa shape index (κ3) is 2.88. The Labute approximate surface area is 127 Å². The van der Waals surface area contributed by atoms with Crippen LogP contribution in [0.5, 0.6) is 0 Å². The van der Waals surface area contributed by atoms with Crippen LogP contribution in [0.2, 0.25) is 5.15 Å². The second kappa shape index (κ2) is 5.30. The van der Waals surface area contributed by atoms with Crippen molar-refractivity contribution >= 4 is 27.5 Å². The molecule has 0 spiro atoms. The molecule has 0 bridgehead atoms. The van der Waals surface area contributed by atoms with Gasteiger partial charge in [0.05, 0.1) is 11.3 Å². The lowest BCUT2D eigenvalue weighted by atomic mass is 10.1. The van der Waals surface area contributed by atoms with Crippen molar-refractivity contribution in [3.63, 3.8) is 0 Å². The molecule has 112 valence electrons. The summed E-state index contributed by atoms with van der Waals surface area (Å²) >= 11 is 8.12. The van der Waals surface area contributed by atoms with Gasteiger partial charge in [0.25, 0.3) is 5.56 Å². The molecule has 21 heavy (non-hydrogen) atoms. The molecular formula is C11H4BrClF4N2O2. The van der Waals surface area contributed by atoms with Crippen molar-refractivity contribution in [1.82, 2.24) is 9.55 Å². The van der Waals surface area contributed by atoms with Crippen LogP contribution in [0.25, 0.3) is 5.69 Å². The van der Waals surface area contributed by atoms with E-state index >= 15 is 0 Å². The largest absolute Gasteiger partial charge is 0.418 e. The molecule has 1 aromatic carbocycles. The van der Waals surface area contributed by atoms with Crippen LogP contribution >= 0.6 is 27.5 Å². The summed E-state index contributed by atoms with van der Waals surface area (Å²) in [5, 5.41) is -0.869.